The van der Waals surface area contributed by atoms with Crippen molar-refractivity contribution in [1.29, 1.82) is 0 Å². The monoisotopic (exact) mass is 377 g/mol. The maximum Gasteiger partial charge on any atom is 0.375 e. The van der Waals surface area contributed by atoms with Crippen LogP contribution < -0.4 is 4.74 Å². The molecule has 0 amide bonds. The summed E-state index contributed by atoms with van der Waals surface area (Å²) in [5.41, 5.74) is 3.05. The maximum absolute atomic E-state index is 12.2. The first kappa shape index (κ1) is 17.5. The highest BCUT2D eigenvalue weighted by Gasteiger charge is 2.43. The van der Waals surface area contributed by atoms with Crippen LogP contribution in [0.1, 0.15) is 33.1 Å². The van der Waals surface area contributed by atoms with Gasteiger partial charge >= 0.3 is 5.97 Å². The Bertz CT molecular complexity index is 933. The standard InChI is InChI=1S/C22H19NO3S/c1-25-17-11-9-15(10-12-17)18-14-19(18)21(16-6-3-2-4-7-16)23-26-22(24)20-8-5-13-27-20/h2-13,18-19H,14H2,1H3/b23-21-. The number of carbonyl (C=O) groups excluding carboxylic acids is 1. The quantitative estimate of drug-likeness (QED) is 0.340. The van der Waals surface area contributed by atoms with Gasteiger partial charge in [-0.3, -0.25) is 0 Å². The summed E-state index contributed by atoms with van der Waals surface area (Å²) in [6.07, 6.45) is 0.983. The third-order valence-corrected chi connectivity index (χ3v) is 5.55. The molecule has 5 heteroatoms. The molecule has 3 aromatic rings. The van der Waals surface area contributed by atoms with Crippen molar-refractivity contribution < 1.29 is 14.4 Å². The smallest absolute Gasteiger partial charge is 0.375 e. The summed E-state index contributed by atoms with van der Waals surface area (Å²) in [4.78, 5) is 18.0. The topological polar surface area (TPSA) is 47.9 Å². The normalized spacial score (nSPS) is 18.8. The van der Waals surface area contributed by atoms with Crippen LogP contribution in [0.5, 0.6) is 5.75 Å². The number of methoxy groups -OCH3 is 1. The van der Waals surface area contributed by atoms with Crippen LogP contribution in [-0.4, -0.2) is 18.8 Å². The number of nitrogens with zero attached hydrogens (tertiary/aromatic N) is 1. The zero-order chi connectivity index (χ0) is 18.6. The van der Waals surface area contributed by atoms with E-state index in [0.29, 0.717) is 10.8 Å². The number of thiophene rings is 1. The Balaban J connectivity index is 1.56. The van der Waals surface area contributed by atoms with Gasteiger partial charge in [0.05, 0.1) is 12.8 Å². The van der Waals surface area contributed by atoms with Crippen molar-refractivity contribution in [3.8, 4) is 5.75 Å². The molecule has 4 nitrogen and oxygen atoms in total. The van der Waals surface area contributed by atoms with E-state index in [9.17, 15) is 4.79 Å². The van der Waals surface area contributed by atoms with Gasteiger partial charge in [0.25, 0.3) is 0 Å². The van der Waals surface area contributed by atoms with E-state index in [-0.39, 0.29) is 5.92 Å². The van der Waals surface area contributed by atoms with Crippen LogP contribution in [0, 0.1) is 5.92 Å². The van der Waals surface area contributed by atoms with E-state index in [2.05, 4.69) is 17.3 Å². The van der Waals surface area contributed by atoms with Crippen LogP contribution in [0.3, 0.4) is 0 Å². The first-order chi connectivity index (χ1) is 13.3. The van der Waals surface area contributed by atoms with Gasteiger partial charge in [0.1, 0.15) is 10.6 Å². The number of ether oxygens (including phenoxy) is 1. The molecule has 1 aliphatic rings. The molecule has 2 atom stereocenters. The van der Waals surface area contributed by atoms with E-state index in [0.717, 1.165) is 23.4 Å². The molecule has 0 N–H and O–H groups in total. The number of hydrogen-bond donors (Lipinski definition) is 0. The molecule has 0 radical (unpaired) electrons. The van der Waals surface area contributed by atoms with Gasteiger partial charge in [-0.1, -0.05) is 53.7 Å². The Kier molecular flexibility index (Phi) is 5.03. The van der Waals surface area contributed by atoms with Gasteiger partial charge < -0.3 is 9.57 Å². The first-order valence-corrected chi connectivity index (χ1v) is 9.66. The molecule has 1 saturated carbocycles. The summed E-state index contributed by atoms with van der Waals surface area (Å²) in [5, 5.41) is 6.12. The largest absolute Gasteiger partial charge is 0.497 e. The van der Waals surface area contributed by atoms with Crippen molar-refractivity contribution in [2.24, 2.45) is 11.1 Å². The maximum atomic E-state index is 12.2. The van der Waals surface area contributed by atoms with Gasteiger partial charge in [-0.15, -0.1) is 11.3 Å². The van der Waals surface area contributed by atoms with E-state index < -0.39 is 5.97 Å². The third kappa shape index (κ3) is 3.93. The summed E-state index contributed by atoms with van der Waals surface area (Å²) < 4.78 is 5.23. The lowest BCUT2D eigenvalue weighted by Crippen LogP contribution is -2.08. The van der Waals surface area contributed by atoms with Crippen LogP contribution in [0.4, 0.5) is 0 Å². The highest BCUT2D eigenvalue weighted by atomic mass is 32.1. The first-order valence-electron chi connectivity index (χ1n) is 8.78. The van der Waals surface area contributed by atoms with Crippen molar-refractivity contribution in [2.45, 2.75) is 12.3 Å². The highest BCUT2D eigenvalue weighted by Crippen LogP contribution is 2.49. The van der Waals surface area contributed by atoms with E-state index >= 15 is 0 Å². The van der Waals surface area contributed by atoms with Crippen molar-refractivity contribution in [3.63, 3.8) is 0 Å². The Morgan fingerprint density at radius 1 is 1.04 bits per heavy atom. The molecule has 1 aromatic heterocycles. The van der Waals surface area contributed by atoms with Crippen molar-refractivity contribution in [1.82, 2.24) is 0 Å². The summed E-state index contributed by atoms with van der Waals surface area (Å²) in [6, 6.07) is 21.6. The lowest BCUT2D eigenvalue weighted by Gasteiger charge is -2.07. The van der Waals surface area contributed by atoms with Crippen molar-refractivity contribution >= 4 is 23.0 Å². The lowest BCUT2D eigenvalue weighted by molar-refractivity contribution is 0.0521. The average Bonchev–Trinajstić information content (AvgIpc) is 3.30. The molecule has 1 aliphatic carbocycles. The number of carbonyl (C=O) groups is 1. The van der Waals surface area contributed by atoms with E-state index in [1.807, 2.05) is 53.9 Å². The molecule has 27 heavy (non-hydrogen) atoms. The minimum atomic E-state index is -0.417. The summed E-state index contributed by atoms with van der Waals surface area (Å²) in [5.74, 6) is 1.03. The molecule has 0 saturated heterocycles. The number of hydrogen-bond acceptors (Lipinski definition) is 5. The number of oxime groups is 1. The van der Waals surface area contributed by atoms with Crippen LogP contribution >= 0.6 is 11.3 Å². The fourth-order valence-corrected chi connectivity index (χ4v) is 3.78. The van der Waals surface area contributed by atoms with Gasteiger partial charge in [-0.2, -0.15) is 0 Å². The second-order valence-electron chi connectivity index (χ2n) is 6.42. The summed E-state index contributed by atoms with van der Waals surface area (Å²) >= 11 is 1.35. The third-order valence-electron chi connectivity index (χ3n) is 4.70. The minimum Gasteiger partial charge on any atom is -0.497 e. The molecular formula is C22H19NO3S. The molecule has 0 spiro atoms. The molecule has 0 aliphatic heterocycles. The van der Waals surface area contributed by atoms with Crippen molar-refractivity contribution in [2.75, 3.05) is 7.11 Å². The van der Waals surface area contributed by atoms with Gasteiger partial charge in [0.2, 0.25) is 0 Å². The van der Waals surface area contributed by atoms with Crippen LogP contribution in [-0.2, 0) is 4.84 Å². The molecule has 2 unspecified atom stereocenters. The minimum absolute atomic E-state index is 0.233. The van der Waals surface area contributed by atoms with Crippen LogP contribution in [0.15, 0.2) is 77.3 Å². The SMILES string of the molecule is COc1ccc(C2CC2/C(=N\OC(=O)c2cccs2)c2ccccc2)cc1. The Hall–Kier alpha value is -2.92. The second-order valence-corrected chi connectivity index (χ2v) is 7.37. The zero-order valence-corrected chi connectivity index (χ0v) is 15.7. The van der Waals surface area contributed by atoms with E-state index in [1.165, 1.54) is 16.9 Å². The zero-order valence-electron chi connectivity index (χ0n) is 14.9. The fourth-order valence-electron chi connectivity index (χ4n) is 3.19. The molecule has 1 heterocycles. The molecule has 136 valence electrons. The average molecular weight is 377 g/mol. The summed E-state index contributed by atoms with van der Waals surface area (Å²) in [7, 11) is 1.66. The molecular weight excluding hydrogens is 358 g/mol. The van der Waals surface area contributed by atoms with E-state index in [1.54, 1.807) is 13.2 Å². The lowest BCUT2D eigenvalue weighted by atomic mass is 10.0. The van der Waals surface area contributed by atoms with Gasteiger partial charge in [0, 0.05) is 5.92 Å². The number of benzene rings is 2. The molecule has 4 rings (SSSR count). The second kappa shape index (κ2) is 7.76. The Morgan fingerprint density at radius 3 is 2.48 bits per heavy atom. The predicted molar refractivity (Wildman–Crippen MR) is 107 cm³/mol. The molecule has 0 bridgehead atoms. The Labute approximate surface area is 162 Å². The van der Waals surface area contributed by atoms with Gasteiger partial charge in [0.15, 0.2) is 0 Å². The number of rotatable bonds is 6. The molecule has 2 aromatic carbocycles. The summed E-state index contributed by atoms with van der Waals surface area (Å²) in [6.45, 7) is 0. The Morgan fingerprint density at radius 2 is 1.81 bits per heavy atom. The molecule has 1 fully saturated rings. The van der Waals surface area contributed by atoms with Crippen LogP contribution in [0.2, 0.25) is 0 Å². The van der Waals surface area contributed by atoms with E-state index in [4.69, 9.17) is 9.57 Å². The van der Waals surface area contributed by atoms with Gasteiger partial charge in [-0.25, -0.2) is 4.79 Å². The highest BCUT2D eigenvalue weighted by molar-refractivity contribution is 7.11. The fraction of sp³-hybridized carbons (Fsp3) is 0.182. The van der Waals surface area contributed by atoms with Crippen molar-refractivity contribution in [3.05, 3.63) is 88.1 Å². The van der Waals surface area contributed by atoms with Crippen LogP contribution in [0.25, 0.3) is 0 Å². The van der Waals surface area contributed by atoms with Gasteiger partial charge in [-0.05, 0) is 47.0 Å². The predicted octanol–water partition coefficient (Wildman–Crippen LogP) is 5.12.